The summed E-state index contributed by atoms with van der Waals surface area (Å²) in [4.78, 5) is 0. The number of alkyl halides is 1. The molecule has 0 bridgehead atoms. The summed E-state index contributed by atoms with van der Waals surface area (Å²) in [5.74, 6) is 0.952. The lowest BCUT2D eigenvalue weighted by molar-refractivity contribution is 0.411. The second-order valence-electron chi connectivity index (χ2n) is 3.62. The summed E-state index contributed by atoms with van der Waals surface area (Å²) in [6.45, 7) is 4.09. The number of rotatable bonds is 4. The first-order chi connectivity index (χ1) is 6.63. The Morgan fingerprint density at radius 1 is 1.43 bits per heavy atom. The minimum absolute atomic E-state index is 0.248. The first-order valence-corrected chi connectivity index (χ1v) is 5.34. The Labute approximate surface area is 91.0 Å². The van der Waals surface area contributed by atoms with Crippen LogP contribution in [0.1, 0.15) is 24.5 Å². The normalized spacial score (nSPS) is 12.6. The van der Waals surface area contributed by atoms with E-state index in [1.54, 1.807) is 7.11 Å². The van der Waals surface area contributed by atoms with Gasteiger partial charge in [0.05, 0.1) is 7.11 Å². The summed E-state index contributed by atoms with van der Waals surface area (Å²) in [6, 6.07) is 6.28. The second-order valence-corrected chi connectivity index (χ2v) is 4.37. The zero-order chi connectivity index (χ0) is 10.6. The van der Waals surface area contributed by atoms with Crippen molar-refractivity contribution in [3.63, 3.8) is 0 Å². The Bertz CT molecular complexity index is 294. The highest BCUT2D eigenvalue weighted by atomic mass is 35.5. The number of hydrogen-bond donors (Lipinski definition) is 0. The van der Waals surface area contributed by atoms with E-state index in [1.807, 2.05) is 13.0 Å². The van der Waals surface area contributed by atoms with Crippen molar-refractivity contribution in [2.75, 3.05) is 7.11 Å². The molecule has 1 rings (SSSR count). The van der Waals surface area contributed by atoms with E-state index in [-0.39, 0.29) is 5.38 Å². The molecule has 0 aliphatic heterocycles. The van der Waals surface area contributed by atoms with Crippen molar-refractivity contribution in [2.24, 2.45) is 0 Å². The first kappa shape index (κ1) is 11.4. The lowest BCUT2D eigenvalue weighted by atomic mass is 10.1. The lowest BCUT2D eigenvalue weighted by Crippen LogP contribution is -1.95. The maximum Gasteiger partial charge on any atom is 0.121 e. The number of benzene rings is 1. The molecule has 0 fully saturated rings. The Hall–Kier alpha value is -0.690. The highest BCUT2D eigenvalue weighted by Gasteiger charge is 2.01. The maximum absolute atomic E-state index is 5.90. The van der Waals surface area contributed by atoms with E-state index in [0.717, 1.165) is 18.6 Å². The third kappa shape index (κ3) is 3.22. The quantitative estimate of drug-likeness (QED) is 0.694. The van der Waals surface area contributed by atoms with Crippen LogP contribution >= 0.6 is 11.6 Å². The standard InChI is InChI=1S/C12H17ClO/c1-9-8-11(5-4-10(2)13)6-7-12(9)14-3/h6-8,10H,4-5H2,1-3H3. The summed E-state index contributed by atoms with van der Waals surface area (Å²) in [6.07, 6.45) is 2.06. The van der Waals surface area contributed by atoms with Crippen molar-refractivity contribution >= 4 is 11.6 Å². The van der Waals surface area contributed by atoms with Crippen LogP contribution in [-0.2, 0) is 6.42 Å². The van der Waals surface area contributed by atoms with Gasteiger partial charge in [-0.25, -0.2) is 0 Å². The molecule has 1 atom stereocenters. The van der Waals surface area contributed by atoms with Gasteiger partial charge in [-0.05, 0) is 43.9 Å². The predicted octanol–water partition coefficient (Wildman–Crippen LogP) is 3.56. The molecule has 14 heavy (non-hydrogen) atoms. The number of ether oxygens (including phenoxy) is 1. The van der Waals surface area contributed by atoms with E-state index < -0.39 is 0 Å². The molecule has 78 valence electrons. The average Bonchev–Trinajstić information content (AvgIpc) is 2.15. The molecule has 2 heteroatoms. The third-order valence-electron chi connectivity index (χ3n) is 2.29. The molecule has 0 spiro atoms. The van der Waals surface area contributed by atoms with Gasteiger partial charge in [0.25, 0.3) is 0 Å². The molecule has 1 unspecified atom stereocenters. The molecule has 1 nitrogen and oxygen atoms in total. The summed E-state index contributed by atoms with van der Waals surface area (Å²) in [7, 11) is 1.70. The second kappa shape index (κ2) is 5.26. The van der Waals surface area contributed by atoms with E-state index in [4.69, 9.17) is 16.3 Å². The first-order valence-electron chi connectivity index (χ1n) is 4.91. The molecule has 0 radical (unpaired) electrons. The number of halogens is 1. The topological polar surface area (TPSA) is 9.23 Å². The van der Waals surface area contributed by atoms with Crippen LogP contribution in [0.25, 0.3) is 0 Å². The molecule has 0 amide bonds. The van der Waals surface area contributed by atoms with Gasteiger partial charge in [-0.15, -0.1) is 11.6 Å². The van der Waals surface area contributed by atoms with Crippen molar-refractivity contribution < 1.29 is 4.74 Å². The fourth-order valence-corrected chi connectivity index (χ4v) is 1.57. The van der Waals surface area contributed by atoms with Crippen LogP contribution < -0.4 is 4.74 Å². The van der Waals surface area contributed by atoms with E-state index in [9.17, 15) is 0 Å². The van der Waals surface area contributed by atoms with Gasteiger partial charge in [0.1, 0.15) is 5.75 Å². The Morgan fingerprint density at radius 3 is 2.64 bits per heavy atom. The van der Waals surface area contributed by atoms with Crippen LogP contribution in [-0.4, -0.2) is 12.5 Å². The lowest BCUT2D eigenvalue weighted by Gasteiger charge is -2.07. The maximum atomic E-state index is 5.90. The minimum atomic E-state index is 0.248. The van der Waals surface area contributed by atoms with Gasteiger partial charge in [-0.1, -0.05) is 12.1 Å². The van der Waals surface area contributed by atoms with E-state index in [0.29, 0.717) is 0 Å². The zero-order valence-electron chi connectivity index (χ0n) is 9.01. The largest absolute Gasteiger partial charge is 0.496 e. The minimum Gasteiger partial charge on any atom is -0.496 e. The van der Waals surface area contributed by atoms with E-state index >= 15 is 0 Å². The smallest absolute Gasteiger partial charge is 0.121 e. The predicted molar refractivity (Wildman–Crippen MR) is 61.4 cm³/mol. The SMILES string of the molecule is COc1ccc(CCC(C)Cl)cc1C. The molecule has 0 aliphatic rings. The molecule has 0 saturated heterocycles. The van der Waals surface area contributed by atoms with Crippen molar-refractivity contribution in [2.45, 2.75) is 32.1 Å². The summed E-state index contributed by atoms with van der Waals surface area (Å²) < 4.78 is 5.20. The third-order valence-corrected chi connectivity index (χ3v) is 2.51. The summed E-state index contributed by atoms with van der Waals surface area (Å²) in [5, 5.41) is 0.248. The van der Waals surface area contributed by atoms with Gasteiger partial charge in [0.2, 0.25) is 0 Å². The van der Waals surface area contributed by atoms with Crippen LogP contribution in [0.2, 0.25) is 0 Å². The molecule has 0 N–H and O–H groups in total. The number of hydrogen-bond acceptors (Lipinski definition) is 1. The molecule has 1 aromatic carbocycles. The van der Waals surface area contributed by atoms with Gasteiger partial charge < -0.3 is 4.74 Å². The number of methoxy groups -OCH3 is 1. The van der Waals surface area contributed by atoms with Gasteiger partial charge in [0.15, 0.2) is 0 Å². The van der Waals surface area contributed by atoms with E-state index in [2.05, 4.69) is 19.1 Å². The summed E-state index contributed by atoms with van der Waals surface area (Å²) >= 11 is 5.90. The Kier molecular flexibility index (Phi) is 4.27. The van der Waals surface area contributed by atoms with Crippen LogP contribution in [0.3, 0.4) is 0 Å². The fourth-order valence-electron chi connectivity index (χ4n) is 1.46. The molecule has 0 heterocycles. The van der Waals surface area contributed by atoms with Gasteiger partial charge in [-0.2, -0.15) is 0 Å². The highest BCUT2D eigenvalue weighted by Crippen LogP contribution is 2.19. The van der Waals surface area contributed by atoms with Crippen LogP contribution in [0.15, 0.2) is 18.2 Å². The molecule has 0 saturated carbocycles. The molecule has 0 aliphatic carbocycles. The van der Waals surface area contributed by atoms with Crippen molar-refractivity contribution in [1.82, 2.24) is 0 Å². The molecular formula is C12H17ClO. The summed E-state index contributed by atoms with van der Waals surface area (Å²) in [5.41, 5.74) is 2.52. The van der Waals surface area contributed by atoms with E-state index in [1.165, 1.54) is 11.1 Å². The molecule has 0 aromatic heterocycles. The Morgan fingerprint density at radius 2 is 2.14 bits per heavy atom. The highest BCUT2D eigenvalue weighted by molar-refractivity contribution is 6.20. The number of aryl methyl sites for hydroxylation is 2. The van der Waals surface area contributed by atoms with Gasteiger partial charge in [-0.3, -0.25) is 0 Å². The van der Waals surface area contributed by atoms with Crippen molar-refractivity contribution in [1.29, 1.82) is 0 Å². The monoisotopic (exact) mass is 212 g/mol. The Balaban J connectivity index is 2.66. The van der Waals surface area contributed by atoms with Crippen molar-refractivity contribution in [3.05, 3.63) is 29.3 Å². The van der Waals surface area contributed by atoms with Gasteiger partial charge in [0, 0.05) is 5.38 Å². The molecular weight excluding hydrogens is 196 g/mol. The van der Waals surface area contributed by atoms with Crippen LogP contribution in [0, 0.1) is 6.92 Å². The van der Waals surface area contributed by atoms with Crippen LogP contribution in [0.4, 0.5) is 0 Å². The van der Waals surface area contributed by atoms with Gasteiger partial charge >= 0.3 is 0 Å². The molecule has 1 aromatic rings. The zero-order valence-corrected chi connectivity index (χ0v) is 9.77. The van der Waals surface area contributed by atoms with Crippen LogP contribution in [0.5, 0.6) is 5.75 Å². The fraction of sp³-hybridized carbons (Fsp3) is 0.500. The average molecular weight is 213 g/mol. The van der Waals surface area contributed by atoms with Crippen molar-refractivity contribution in [3.8, 4) is 5.75 Å².